The summed E-state index contributed by atoms with van der Waals surface area (Å²) in [6.45, 7) is 3.27. The van der Waals surface area contributed by atoms with E-state index in [0.29, 0.717) is 6.54 Å². The van der Waals surface area contributed by atoms with E-state index < -0.39 is 0 Å². The fourth-order valence-corrected chi connectivity index (χ4v) is 4.67. The highest BCUT2D eigenvalue weighted by Gasteiger charge is 2.45. The number of nitrogens with zero attached hydrogens (tertiary/aromatic N) is 2. The van der Waals surface area contributed by atoms with Gasteiger partial charge in [-0.15, -0.1) is 0 Å². The van der Waals surface area contributed by atoms with Crippen LogP contribution in [0.3, 0.4) is 0 Å². The third-order valence-electron chi connectivity index (χ3n) is 6.13. The molecular formula is C23H23N3O. The highest BCUT2D eigenvalue weighted by Crippen LogP contribution is 2.38. The van der Waals surface area contributed by atoms with Gasteiger partial charge in [0.15, 0.2) is 0 Å². The molecular weight excluding hydrogens is 334 g/mol. The van der Waals surface area contributed by atoms with E-state index in [2.05, 4.69) is 63.7 Å². The fourth-order valence-electron chi connectivity index (χ4n) is 4.67. The summed E-state index contributed by atoms with van der Waals surface area (Å²) in [6, 6.07) is 18.8. The molecule has 1 amide bonds. The van der Waals surface area contributed by atoms with E-state index in [-0.39, 0.29) is 11.3 Å². The number of pyridine rings is 1. The topological polar surface area (TPSA) is 45.2 Å². The fraction of sp³-hybridized carbons (Fsp3) is 0.304. The number of hydrogen-bond donors (Lipinski definition) is 1. The number of benzene rings is 2. The first-order chi connectivity index (χ1) is 13.2. The Labute approximate surface area is 159 Å². The van der Waals surface area contributed by atoms with Crippen molar-refractivity contribution in [1.29, 1.82) is 0 Å². The predicted molar refractivity (Wildman–Crippen MR) is 106 cm³/mol. The van der Waals surface area contributed by atoms with Crippen molar-refractivity contribution in [3.63, 3.8) is 0 Å². The third kappa shape index (κ3) is 2.90. The molecule has 136 valence electrons. The maximum Gasteiger partial charge on any atom is 0.228 e. The largest absolute Gasteiger partial charge is 0.351 e. The van der Waals surface area contributed by atoms with Gasteiger partial charge >= 0.3 is 0 Å². The Balaban J connectivity index is 1.41. The van der Waals surface area contributed by atoms with Crippen molar-refractivity contribution in [3.05, 3.63) is 77.5 Å². The molecule has 3 aromatic rings. The first-order valence-electron chi connectivity index (χ1n) is 9.64. The summed E-state index contributed by atoms with van der Waals surface area (Å²) in [4.78, 5) is 19.9. The molecule has 27 heavy (non-hydrogen) atoms. The monoisotopic (exact) mass is 357 g/mol. The van der Waals surface area contributed by atoms with Crippen LogP contribution in [-0.4, -0.2) is 28.9 Å². The van der Waals surface area contributed by atoms with Crippen molar-refractivity contribution >= 4 is 16.8 Å². The van der Waals surface area contributed by atoms with Crippen LogP contribution in [0.2, 0.25) is 0 Å². The Morgan fingerprint density at radius 1 is 1.04 bits per heavy atom. The Morgan fingerprint density at radius 3 is 2.78 bits per heavy atom. The maximum atomic E-state index is 13.0. The summed E-state index contributed by atoms with van der Waals surface area (Å²) in [5.41, 5.74) is 4.57. The first-order valence-corrected chi connectivity index (χ1v) is 9.64. The molecule has 1 spiro atoms. The summed E-state index contributed by atoms with van der Waals surface area (Å²) < 4.78 is 0. The summed E-state index contributed by atoms with van der Waals surface area (Å²) in [5.74, 6) is 0.209. The van der Waals surface area contributed by atoms with Crippen LogP contribution in [0.5, 0.6) is 0 Å². The van der Waals surface area contributed by atoms with Gasteiger partial charge in [0.05, 0.1) is 10.9 Å². The highest BCUT2D eigenvalue weighted by atomic mass is 16.2. The molecule has 1 fully saturated rings. The van der Waals surface area contributed by atoms with Crippen LogP contribution < -0.4 is 5.32 Å². The Hall–Kier alpha value is -2.72. The van der Waals surface area contributed by atoms with Crippen molar-refractivity contribution in [2.45, 2.75) is 25.9 Å². The molecule has 1 atom stereocenters. The van der Waals surface area contributed by atoms with Gasteiger partial charge in [0.1, 0.15) is 0 Å². The van der Waals surface area contributed by atoms with Crippen molar-refractivity contribution in [2.24, 2.45) is 5.41 Å². The van der Waals surface area contributed by atoms with Gasteiger partial charge < -0.3 is 5.32 Å². The Kier molecular flexibility index (Phi) is 3.94. The van der Waals surface area contributed by atoms with Gasteiger partial charge in [0, 0.05) is 31.2 Å². The molecule has 2 aliphatic rings. The molecule has 4 heteroatoms. The lowest BCUT2D eigenvalue weighted by Crippen LogP contribution is -2.42. The molecule has 1 N–H and O–H groups in total. The molecule has 1 saturated heterocycles. The van der Waals surface area contributed by atoms with Crippen LogP contribution in [0, 0.1) is 5.41 Å². The molecule has 0 saturated carbocycles. The SMILES string of the molecule is O=C1NCc2ccccc2CC12CCN(Cc1ccnc3ccccc13)C2. The van der Waals surface area contributed by atoms with E-state index in [4.69, 9.17) is 0 Å². The number of fused-ring (bicyclic) bond motifs is 2. The quantitative estimate of drug-likeness (QED) is 0.765. The van der Waals surface area contributed by atoms with E-state index in [0.717, 1.165) is 38.0 Å². The van der Waals surface area contributed by atoms with Crippen molar-refractivity contribution < 1.29 is 4.79 Å². The molecule has 1 unspecified atom stereocenters. The minimum atomic E-state index is -0.310. The van der Waals surface area contributed by atoms with Gasteiger partial charge in [0.25, 0.3) is 0 Å². The molecule has 1 aromatic heterocycles. The van der Waals surface area contributed by atoms with E-state index in [1.807, 2.05) is 12.3 Å². The number of aromatic nitrogens is 1. The standard InChI is InChI=1S/C23H23N3O/c27-22-23(13-17-5-1-2-6-18(17)14-25-22)10-12-26(16-23)15-19-9-11-24-21-8-4-3-7-20(19)21/h1-9,11H,10,12-16H2,(H,25,27). The Bertz CT molecular complexity index is 1010. The lowest BCUT2D eigenvalue weighted by Gasteiger charge is -2.26. The van der Waals surface area contributed by atoms with Crippen LogP contribution in [0.15, 0.2) is 60.8 Å². The lowest BCUT2D eigenvalue weighted by atomic mass is 9.80. The van der Waals surface area contributed by atoms with Crippen LogP contribution in [-0.2, 0) is 24.3 Å². The van der Waals surface area contributed by atoms with E-state index in [9.17, 15) is 4.79 Å². The van der Waals surface area contributed by atoms with E-state index >= 15 is 0 Å². The van der Waals surface area contributed by atoms with Gasteiger partial charge in [-0.2, -0.15) is 0 Å². The molecule has 3 heterocycles. The second-order valence-electron chi connectivity index (χ2n) is 7.86. The third-order valence-corrected chi connectivity index (χ3v) is 6.13. The van der Waals surface area contributed by atoms with Gasteiger partial charge in [-0.05, 0) is 48.2 Å². The molecule has 2 aliphatic heterocycles. The number of rotatable bonds is 2. The minimum absolute atomic E-state index is 0.209. The summed E-state index contributed by atoms with van der Waals surface area (Å²) >= 11 is 0. The Morgan fingerprint density at radius 2 is 1.85 bits per heavy atom. The zero-order valence-electron chi connectivity index (χ0n) is 15.3. The van der Waals surface area contributed by atoms with Gasteiger partial charge in [-0.25, -0.2) is 0 Å². The summed E-state index contributed by atoms with van der Waals surface area (Å²) in [5, 5.41) is 4.38. The number of likely N-dealkylation sites (tertiary alicyclic amines) is 1. The number of hydrogen-bond acceptors (Lipinski definition) is 3. The number of nitrogens with one attached hydrogen (secondary N) is 1. The lowest BCUT2D eigenvalue weighted by molar-refractivity contribution is -0.130. The van der Waals surface area contributed by atoms with Gasteiger partial charge in [-0.1, -0.05) is 42.5 Å². The second kappa shape index (κ2) is 6.46. The summed E-state index contributed by atoms with van der Waals surface area (Å²) in [6.07, 6.45) is 3.64. The zero-order valence-corrected chi connectivity index (χ0v) is 15.3. The van der Waals surface area contributed by atoms with E-state index in [1.54, 1.807) is 0 Å². The highest BCUT2D eigenvalue weighted by molar-refractivity contribution is 5.84. The zero-order chi connectivity index (χ0) is 18.3. The number of amides is 1. The van der Waals surface area contributed by atoms with E-state index in [1.165, 1.54) is 22.1 Å². The average Bonchev–Trinajstić information content (AvgIpc) is 3.05. The van der Waals surface area contributed by atoms with Crippen molar-refractivity contribution in [3.8, 4) is 0 Å². The number of carbonyl (C=O) groups is 1. The van der Waals surface area contributed by atoms with Crippen LogP contribution in [0.25, 0.3) is 10.9 Å². The van der Waals surface area contributed by atoms with Crippen LogP contribution in [0.1, 0.15) is 23.1 Å². The number of para-hydroxylation sites is 1. The molecule has 2 aromatic carbocycles. The van der Waals surface area contributed by atoms with Crippen LogP contribution in [0.4, 0.5) is 0 Å². The van der Waals surface area contributed by atoms with Gasteiger partial charge in [0.2, 0.25) is 5.91 Å². The molecule has 5 rings (SSSR count). The smallest absolute Gasteiger partial charge is 0.228 e. The predicted octanol–water partition coefficient (Wildman–Crippen LogP) is 3.30. The maximum absolute atomic E-state index is 13.0. The molecule has 0 bridgehead atoms. The summed E-state index contributed by atoms with van der Waals surface area (Å²) in [7, 11) is 0. The second-order valence-corrected chi connectivity index (χ2v) is 7.86. The minimum Gasteiger partial charge on any atom is -0.351 e. The van der Waals surface area contributed by atoms with Crippen LogP contribution >= 0.6 is 0 Å². The average molecular weight is 357 g/mol. The van der Waals surface area contributed by atoms with Gasteiger partial charge in [-0.3, -0.25) is 14.7 Å². The van der Waals surface area contributed by atoms with Crippen molar-refractivity contribution in [1.82, 2.24) is 15.2 Å². The first kappa shape index (κ1) is 16.5. The molecule has 0 radical (unpaired) electrons. The van der Waals surface area contributed by atoms with Crippen molar-refractivity contribution in [2.75, 3.05) is 13.1 Å². The molecule has 4 nitrogen and oxygen atoms in total. The molecule has 0 aliphatic carbocycles. The normalized spacial score (nSPS) is 22.6. The number of carbonyl (C=O) groups excluding carboxylic acids is 1.